The maximum absolute atomic E-state index is 14.8. The fourth-order valence-electron chi connectivity index (χ4n) is 3.65. The number of aliphatic imine (C=N–C) groups is 1. The SMILES string of the molecule is C#C[C@]12C[C@H]1[C@@](CF)(c1cc(Br)ccc1F)N=C(N(COCC[Si](C)(C)C)C(=O)O)S2. The number of nitrogens with zero attached hydrogens (tertiary/aromatic N) is 2. The number of fused-ring (bicyclic) bond motifs is 1. The number of thioether (sulfide) groups is 1. The van der Waals surface area contributed by atoms with Gasteiger partial charge in [-0.3, -0.25) is 0 Å². The van der Waals surface area contributed by atoms with E-state index in [9.17, 15) is 18.7 Å². The van der Waals surface area contributed by atoms with Gasteiger partial charge in [0.25, 0.3) is 0 Å². The van der Waals surface area contributed by atoms with Gasteiger partial charge >= 0.3 is 6.09 Å². The van der Waals surface area contributed by atoms with Gasteiger partial charge in [-0.25, -0.2) is 23.5 Å². The Balaban J connectivity index is 1.98. The van der Waals surface area contributed by atoms with Crippen LogP contribution in [0.4, 0.5) is 13.6 Å². The highest BCUT2D eigenvalue weighted by Gasteiger charge is 2.69. The standard InChI is InChI=1S/C21H25BrF2N2O3SSi/c1-5-20-11-17(20)21(12-23,15-10-14(22)6-7-16(15)24)25-18(30-20)26(19(27)28)13-29-8-9-31(2,3)4/h1,6-7,10,17H,8-9,11-13H2,2-4H3,(H,27,28)/t17-,20+,21-/m1/s1. The Bertz CT molecular complexity index is 952. The minimum Gasteiger partial charge on any atom is -0.465 e. The lowest BCUT2D eigenvalue weighted by Crippen LogP contribution is -2.45. The third-order valence-electron chi connectivity index (χ3n) is 5.58. The molecule has 0 saturated heterocycles. The average Bonchev–Trinajstić information content (AvgIpc) is 3.43. The zero-order valence-electron chi connectivity index (χ0n) is 17.6. The van der Waals surface area contributed by atoms with Crippen molar-refractivity contribution in [2.75, 3.05) is 20.0 Å². The highest BCUT2D eigenvalue weighted by atomic mass is 79.9. The number of rotatable bonds is 7. The van der Waals surface area contributed by atoms with Gasteiger partial charge in [0.2, 0.25) is 0 Å². The summed E-state index contributed by atoms with van der Waals surface area (Å²) in [5, 5.41) is 9.82. The van der Waals surface area contributed by atoms with Crippen LogP contribution in [-0.2, 0) is 10.3 Å². The van der Waals surface area contributed by atoms with E-state index in [1.807, 2.05) is 0 Å². The topological polar surface area (TPSA) is 62.1 Å². The highest BCUT2D eigenvalue weighted by Crippen LogP contribution is 2.66. The van der Waals surface area contributed by atoms with Crippen LogP contribution in [-0.4, -0.2) is 54.1 Å². The Morgan fingerprint density at radius 2 is 2.23 bits per heavy atom. The van der Waals surface area contributed by atoms with E-state index in [-0.39, 0.29) is 17.5 Å². The first kappa shape index (κ1) is 24.2. The van der Waals surface area contributed by atoms with Gasteiger partial charge in [0, 0.05) is 30.6 Å². The van der Waals surface area contributed by atoms with Gasteiger partial charge < -0.3 is 9.84 Å². The summed E-state index contributed by atoms with van der Waals surface area (Å²) in [6.07, 6.45) is 4.90. The molecule has 0 radical (unpaired) electrons. The third-order valence-corrected chi connectivity index (χ3v) is 9.20. The maximum atomic E-state index is 14.8. The van der Waals surface area contributed by atoms with Crippen molar-refractivity contribution in [3.63, 3.8) is 0 Å². The first-order valence-corrected chi connectivity index (χ1v) is 15.2. The zero-order chi connectivity index (χ0) is 23.0. The number of hydrogen-bond acceptors (Lipinski definition) is 4. The molecular formula is C21H25BrF2N2O3SSi. The van der Waals surface area contributed by atoms with E-state index >= 15 is 0 Å². The molecule has 2 aliphatic rings. The molecule has 1 heterocycles. The normalized spacial score (nSPS) is 27.1. The molecule has 0 spiro atoms. The zero-order valence-corrected chi connectivity index (χ0v) is 21.0. The maximum Gasteiger partial charge on any atom is 0.415 e. The minimum atomic E-state index is -1.59. The molecule has 5 nitrogen and oxygen atoms in total. The predicted octanol–water partition coefficient (Wildman–Crippen LogP) is 5.54. The number of hydrogen-bond donors (Lipinski definition) is 1. The fraction of sp³-hybridized carbons (Fsp3) is 0.524. The van der Waals surface area contributed by atoms with Crippen LogP contribution in [0.1, 0.15) is 12.0 Å². The van der Waals surface area contributed by atoms with Crippen molar-refractivity contribution in [3.8, 4) is 12.3 Å². The van der Waals surface area contributed by atoms with Crippen LogP contribution in [0.2, 0.25) is 25.7 Å². The lowest BCUT2D eigenvalue weighted by atomic mass is 9.85. The first-order chi connectivity index (χ1) is 14.5. The van der Waals surface area contributed by atoms with E-state index < -0.39 is 42.9 Å². The molecule has 10 heteroatoms. The van der Waals surface area contributed by atoms with Crippen LogP contribution in [0.5, 0.6) is 0 Å². The fourth-order valence-corrected chi connectivity index (χ4v) is 6.19. The van der Waals surface area contributed by atoms with Crippen LogP contribution in [0, 0.1) is 24.1 Å². The molecule has 1 aromatic rings. The van der Waals surface area contributed by atoms with Crippen molar-refractivity contribution >= 4 is 47.0 Å². The summed E-state index contributed by atoms with van der Waals surface area (Å²) >= 11 is 4.42. The molecule has 0 bridgehead atoms. The Morgan fingerprint density at radius 1 is 1.52 bits per heavy atom. The molecule has 1 saturated carbocycles. The van der Waals surface area contributed by atoms with Gasteiger partial charge in [-0.15, -0.1) is 6.42 Å². The van der Waals surface area contributed by atoms with Crippen molar-refractivity contribution in [2.24, 2.45) is 10.9 Å². The number of amidine groups is 1. The van der Waals surface area contributed by atoms with Crippen LogP contribution >= 0.6 is 27.7 Å². The molecule has 1 fully saturated rings. The van der Waals surface area contributed by atoms with Crippen LogP contribution in [0.25, 0.3) is 0 Å². The summed E-state index contributed by atoms with van der Waals surface area (Å²) in [5.41, 5.74) is -1.53. The largest absolute Gasteiger partial charge is 0.465 e. The molecule has 1 aromatic carbocycles. The van der Waals surface area contributed by atoms with Crippen molar-refractivity contribution in [1.29, 1.82) is 0 Å². The number of benzene rings is 1. The van der Waals surface area contributed by atoms with Gasteiger partial charge in [0.15, 0.2) is 5.17 Å². The lowest BCUT2D eigenvalue weighted by Gasteiger charge is -2.36. The molecule has 0 unspecified atom stereocenters. The number of amides is 1. The Kier molecular flexibility index (Phi) is 6.92. The third kappa shape index (κ3) is 4.84. The molecular weight excluding hydrogens is 506 g/mol. The van der Waals surface area contributed by atoms with Gasteiger partial charge in [-0.2, -0.15) is 0 Å². The quantitative estimate of drug-likeness (QED) is 0.217. The van der Waals surface area contributed by atoms with Crippen LogP contribution in [0.3, 0.4) is 0 Å². The Hall–Kier alpha value is -1.41. The van der Waals surface area contributed by atoms with E-state index in [4.69, 9.17) is 11.2 Å². The Morgan fingerprint density at radius 3 is 2.81 bits per heavy atom. The monoisotopic (exact) mass is 530 g/mol. The van der Waals surface area contributed by atoms with E-state index in [1.165, 1.54) is 18.2 Å². The van der Waals surface area contributed by atoms with Gasteiger partial charge in [0.1, 0.15) is 24.8 Å². The molecule has 31 heavy (non-hydrogen) atoms. The molecule has 1 aliphatic heterocycles. The smallest absolute Gasteiger partial charge is 0.415 e. The Labute approximate surface area is 194 Å². The number of carboxylic acid groups (broad SMARTS) is 1. The van der Waals surface area contributed by atoms with Gasteiger partial charge in [0.05, 0.1) is 4.75 Å². The summed E-state index contributed by atoms with van der Waals surface area (Å²) < 4.78 is 34.8. The number of carbonyl (C=O) groups is 1. The van der Waals surface area contributed by atoms with Crippen molar-refractivity contribution in [1.82, 2.24) is 4.90 Å². The van der Waals surface area contributed by atoms with Crippen molar-refractivity contribution in [3.05, 3.63) is 34.1 Å². The van der Waals surface area contributed by atoms with Gasteiger partial charge in [-0.05, 0) is 30.7 Å². The number of alkyl halides is 1. The molecule has 3 atom stereocenters. The van der Waals surface area contributed by atoms with Crippen molar-refractivity contribution < 1.29 is 23.4 Å². The molecule has 1 amide bonds. The summed E-state index contributed by atoms with van der Waals surface area (Å²) in [7, 11) is -1.35. The number of halogens is 3. The predicted molar refractivity (Wildman–Crippen MR) is 125 cm³/mol. The van der Waals surface area contributed by atoms with E-state index in [0.29, 0.717) is 17.5 Å². The molecule has 1 N–H and O–H groups in total. The van der Waals surface area contributed by atoms with E-state index in [0.717, 1.165) is 22.7 Å². The summed E-state index contributed by atoms with van der Waals surface area (Å²) in [4.78, 5) is 17.4. The van der Waals surface area contributed by atoms with E-state index in [1.54, 1.807) is 0 Å². The second-order valence-electron chi connectivity index (χ2n) is 9.03. The summed E-state index contributed by atoms with van der Waals surface area (Å²) in [6, 6.07) is 5.11. The van der Waals surface area contributed by atoms with Crippen LogP contribution in [0.15, 0.2) is 27.7 Å². The highest BCUT2D eigenvalue weighted by molar-refractivity contribution is 9.10. The second-order valence-corrected chi connectivity index (χ2v) is 16.9. The molecule has 1 aliphatic carbocycles. The van der Waals surface area contributed by atoms with Gasteiger partial charge in [-0.1, -0.05) is 53.3 Å². The average molecular weight is 531 g/mol. The lowest BCUT2D eigenvalue weighted by molar-refractivity contribution is 0.0699. The molecule has 0 aromatic heterocycles. The van der Waals surface area contributed by atoms with Crippen molar-refractivity contribution in [2.45, 2.75) is 42.4 Å². The number of ether oxygens (including phenoxy) is 1. The van der Waals surface area contributed by atoms with E-state index in [2.05, 4.69) is 46.5 Å². The minimum absolute atomic E-state index is 0.0317. The second kappa shape index (κ2) is 8.85. The summed E-state index contributed by atoms with van der Waals surface area (Å²) in [6.45, 7) is 5.74. The number of terminal acetylenes is 1. The summed E-state index contributed by atoms with van der Waals surface area (Å²) in [5.74, 6) is 1.64. The molecule has 3 rings (SSSR count). The molecule has 168 valence electrons. The van der Waals surface area contributed by atoms with Crippen LogP contribution < -0.4 is 0 Å². The first-order valence-electron chi connectivity index (χ1n) is 9.84.